The van der Waals surface area contributed by atoms with Crippen LogP contribution in [0.15, 0.2) is 28.6 Å². The summed E-state index contributed by atoms with van der Waals surface area (Å²) in [7, 11) is 0. The fourth-order valence-electron chi connectivity index (χ4n) is 2.19. The summed E-state index contributed by atoms with van der Waals surface area (Å²) in [6.07, 6.45) is 2.73. The Hall–Kier alpha value is -0.870. The summed E-state index contributed by atoms with van der Waals surface area (Å²) < 4.78 is 1.97. The third-order valence-corrected chi connectivity index (χ3v) is 5.71. The van der Waals surface area contributed by atoms with Gasteiger partial charge in [-0.05, 0) is 31.9 Å². The van der Waals surface area contributed by atoms with E-state index in [4.69, 9.17) is 0 Å². The molecule has 88 valence electrons. The standard InChI is InChI=1S/C13H13NOS2/c1-13(8-4-7-11(13)15)17-12-14-9-5-2-3-6-10(9)16-12/h2-3,5-6H,4,7-8H2,1H3. The molecule has 2 aromatic rings. The van der Waals surface area contributed by atoms with E-state index in [-0.39, 0.29) is 4.75 Å². The molecule has 0 bridgehead atoms. The first-order valence-electron chi connectivity index (χ1n) is 5.75. The van der Waals surface area contributed by atoms with Gasteiger partial charge < -0.3 is 0 Å². The number of thiazole rings is 1. The number of Topliss-reactive ketones (excluding diaryl/α,β-unsaturated/α-hetero) is 1. The van der Waals surface area contributed by atoms with Crippen LogP contribution < -0.4 is 0 Å². The van der Waals surface area contributed by atoms with Gasteiger partial charge in [0, 0.05) is 6.42 Å². The van der Waals surface area contributed by atoms with Crippen molar-refractivity contribution in [3.63, 3.8) is 0 Å². The van der Waals surface area contributed by atoms with Crippen molar-refractivity contribution in [2.24, 2.45) is 0 Å². The van der Waals surface area contributed by atoms with Crippen LogP contribution in [0, 0.1) is 0 Å². The molecule has 0 amide bonds. The molecule has 1 fully saturated rings. The second kappa shape index (κ2) is 4.10. The molecule has 4 heteroatoms. The Kier molecular flexibility index (Phi) is 2.71. The van der Waals surface area contributed by atoms with Crippen LogP contribution in [0.1, 0.15) is 26.2 Å². The summed E-state index contributed by atoms with van der Waals surface area (Å²) in [6, 6.07) is 8.13. The largest absolute Gasteiger partial charge is 0.298 e. The van der Waals surface area contributed by atoms with E-state index in [9.17, 15) is 4.79 Å². The summed E-state index contributed by atoms with van der Waals surface area (Å²) in [5, 5.41) is 0. The number of thioether (sulfide) groups is 1. The second-order valence-electron chi connectivity index (χ2n) is 4.56. The number of hydrogen-bond donors (Lipinski definition) is 0. The van der Waals surface area contributed by atoms with E-state index in [1.165, 1.54) is 4.70 Å². The molecule has 0 aliphatic heterocycles. The predicted molar refractivity (Wildman–Crippen MR) is 72.7 cm³/mol. The molecular weight excluding hydrogens is 250 g/mol. The molecule has 1 atom stereocenters. The molecule has 1 aromatic carbocycles. The number of hydrogen-bond acceptors (Lipinski definition) is 4. The molecule has 1 unspecified atom stereocenters. The van der Waals surface area contributed by atoms with Crippen molar-refractivity contribution >= 4 is 39.1 Å². The van der Waals surface area contributed by atoms with Gasteiger partial charge in [-0.2, -0.15) is 0 Å². The van der Waals surface area contributed by atoms with Gasteiger partial charge in [0.05, 0.1) is 15.0 Å². The van der Waals surface area contributed by atoms with Crippen molar-refractivity contribution in [1.29, 1.82) is 0 Å². The molecule has 1 saturated carbocycles. The zero-order valence-corrected chi connectivity index (χ0v) is 11.2. The van der Waals surface area contributed by atoms with Crippen LogP contribution in [0.3, 0.4) is 0 Å². The highest BCUT2D eigenvalue weighted by Gasteiger charge is 2.39. The topological polar surface area (TPSA) is 30.0 Å². The van der Waals surface area contributed by atoms with E-state index in [0.717, 1.165) is 29.1 Å². The lowest BCUT2D eigenvalue weighted by molar-refractivity contribution is -0.119. The van der Waals surface area contributed by atoms with Gasteiger partial charge in [0.1, 0.15) is 5.78 Å². The molecule has 0 N–H and O–H groups in total. The highest BCUT2D eigenvalue weighted by atomic mass is 32.2. The molecule has 2 nitrogen and oxygen atoms in total. The van der Waals surface area contributed by atoms with Crippen LogP contribution >= 0.6 is 23.1 Å². The van der Waals surface area contributed by atoms with Crippen molar-refractivity contribution in [2.45, 2.75) is 35.3 Å². The lowest BCUT2D eigenvalue weighted by atomic mass is 10.1. The Morgan fingerprint density at radius 2 is 2.24 bits per heavy atom. The number of carbonyl (C=O) groups is 1. The monoisotopic (exact) mass is 263 g/mol. The van der Waals surface area contributed by atoms with Gasteiger partial charge in [0.2, 0.25) is 0 Å². The van der Waals surface area contributed by atoms with Crippen LogP contribution in [0.25, 0.3) is 10.2 Å². The molecule has 1 heterocycles. The number of rotatable bonds is 2. The fraction of sp³-hybridized carbons (Fsp3) is 0.385. The first kappa shape index (κ1) is 11.2. The number of fused-ring (bicyclic) bond motifs is 1. The first-order valence-corrected chi connectivity index (χ1v) is 7.39. The van der Waals surface area contributed by atoms with Crippen molar-refractivity contribution < 1.29 is 4.79 Å². The summed E-state index contributed by atoms with van der Waals surface area (Å²) >= 11 is 3.33. The van der Waals surface area contributed by atoms with E-state index in [0.29, 0.717) is 5.78 Å². The third kappa shape index (κ3) is 2.00. The van der Waals surface area contributed by atoms with Gasteiger partial charge in [-0.1, -0.05) is 23.9 Å². The zero-order valence-electron chi connectivity index (χ0n) is 9.60. The lowest BCUT2D eigenvalue weighted by Crippen LogP contribution is -2.24. The third-order valence-electron chi connectivity index (χ3n) is 3.23. The summed E-state index contributed by atoms with van der Waals surface area (Å²) in [5.41, 5.74) is 1.04. The Morgan fingerprint density at radius 1 is 1.41 bits per heavy atom. The lowest BCUT2D eigenvalue weighted by Gasteiger charge is -2.18. The van der Waals surface area contributed by atoms with Crippen molar-refractivity contribution in [1.82, 2.24) is 4.98 Å². The molecule has 1 aliphatic carbocycles. The predicted octanol–water partition coefficient (Wildman–Crippen LogP) is 3.90. The molecule has 1 aromatic heterocycles. The molecule has 3 rings (SSSR count). The molecule has 0 spiro atoms. The number of ketones is 1. The number of benzene rings is 1. The average molecular weight is 263 g/mol. The van der Waals surface area contributed by atoms with Gasteiger partial charge in [-0.15, -0.1) is 11.3 Å². The van der Waals surface area contributed by atoms with Gasteiger partial charge in [0.15, 0.2) is 4.34 Å². The van der Waals surface area contributed by atoms with Gasteiger partial charge in [-0.25, -0.2) is 4.98 Å². The minimum atomic E-state index is -0.242. The van der Waals surface area contributed by atoms with Crippen LogP contribution in [0.5, 0.6) is 0 Å². The maximum absolute atomic E-state index is 11.9. The molecule has 0 saturated heterocycles. The van der Waals surface area contributed by atoms with E-state index < -0.39 is 0 Å². The Morgan fingerprint density at radius 3 is 2.94 bits per heavy atom. The van der Waals surface area contributed by atoms with Gasteiger partial charge >= 0.3 is 0 Å². The zero-order chi connectivity index (χ0) is 11.9. The molecule has 17 heavy (non-hydrogen) atoms. The van der Waals surface area contributed by atoms with Crippen LogP contribution in [0.4, 0.5) is 0 Å². The SMILES string of the molecule is CC1(Sc2nc3ccccc3s2)CCCC1=O. The van der Waals surface area contributed by atoms with Gasteiger partial charge in [-0.3, -0.25) is 4.79 Å². The molecule has 0 radical (unpaired) electrons. The number of carbonyl (C=O) groups excluding carboxylic acids is 1. The van der Waals surface area contributed by atoms with E-state index in [1.807, 2.05) is 18.2 Å². The summed E-state index contributed by atoms with van der Waals surface area (Å²) in [6.45, 7) is 2.05. The minimum Gasteiger partial charge on any atom is -0.298 e. The number of aromatic nitrogens is 1. The smallest absolute Gasteiger partial charge is 0.152 e. The van der Waals surface area contributed by atoms with Crippen molar-refractivity contribution in [2.75, 3.05) is 0 Å². The first-order chi connectivity index (χ1) is 8.17. The Bertz CT molecular complexity index is 545. The second-order valence-corrected chi connectivity index (χ2v) is 7.34. The van der Waals surface area contributed by atoms with Crippen molar-refractivity contribution in [3.8, 4) is 0 Å². The van der Waals surface area contributed by atoms with Crippen LogP contribution in [-0.2, 0) is 4.79 Å². The van der Waals surface area contributed by atoms with Gasteiger partial charge in [0.25, 0.3) is 0 Å². The Labute approximate surface area is 108 Å². The van der Waals surface area contributed by atoms with E-state index in [2.05, 4.69) is 18.0 Å². The van der Waals surface area contributed by atoms with Crippen LogP contribution in [0.2, 0.25) is 0 Å². The minimum absolute atomic E-state index is 0.242. The average Bonchev–Trinajstić information content (AvgIpc) is 2.83. The maximum atomic E-state index is 11.9. The van der Waals surface area contributed by atoms with E-state index in [1.54, 1.807) is 23.1 Å². The van der Waals surface area contributed by atoms with E-state index >= 15 is 0 Å². The fourth-order valence-corrected chi connectivity index (χ4v) is 4.86. The quantitative estimate of drug-likeness (QED) is 0.823. The highest BCUT2D eigenvalue weighted by molar-refractivity contribution is 8.03. The number of nitrogens with zero attached hydrogens (tertiary/aromatic N) is 1. The number of para-hydroxylation sites is 1. The Balaban J connectivity index is 1.92. The molecule has 1 aliphatic rings. The normalized spacial score (nSPS) is 24.6. The summed E-state index contributed by atoms with van der Waals surface area (Å²) in [4.78, 5) is 16.5. The highest BCUT2D eigenvalue weighted by Crippen LogP contribution is 2.44. The van der Waals surface area contributed by atoms with Crippen LogP contribution in [-0.4, -0.2) is 15.5 Å². The molecular formula is C13H13NOS2. The summed E-state index contributed by atoms with van der Waals surface area (Å²) in [5.74, 6) is 0.377. The van der Waals surface area contributed by atoms with Crippen molar-refractivity contribution in [3.05, 3.63) is 24.3 Å². The maximum Gasteiger partial charge on any atom is 0.152 e.